The largest absolute Gasteiger partial charge is 0.497 e. The van der Waals surface area contributed by atoms with Crippen LogP contribution < -0.4 is 4.74 Å². The van der Waals surface area contributed by atoms with Crippen molar-refractivity contribution in [1.29, 1.82) is 5.26 Å². The standard InChI is InChI=1S/C15H18N4OS/c1-20-13-7-5-12(6-8-13)17-18-14(11-16)15(21-2)19-9-3-4-10-19/h5-8H,3-4,9-10H2,1-2H3/b15-14+,18-17?. The molecular weight excluding hydrogens is 284 g/mol. The van der Waals surface area contributed by atoms with Gasteiger partial charge in [0, 0.05) is 13.1 Å². The molecule has 1 aromatic rings. The first kappa shape index (κ1) is 15.4. The van der Waals surface area contributed by atoms with Gasteiger partial charge >= 0.3 is 0 Å². The molecule has 1 aromatic carbocycles. The number of rotatable bonds is 5. The number of methoxy groups -OCH3 is 1. The van der Waals surface area contributed by atoms with E-state index in [2.05, 4.69) is 21.2 Å². The van der Waals surface area contributed by atoms with E-state index in [4.69, 9.17) is 4.74 Å². The molecule has 0 radical (unpaired) electrons. The van der Waals surface area contributed by atoms with Crippen molar-refractivity contribution in [2.24, 2.45) is 10.2 Å². The zero-order valence-corrected chi connectivity index (χ0v) is 13.1. The number of hydrogen-bond donors (Lipinski definition) is 0. The number of allylic oxidation sites excluding steroid dienone is 1. The highest BCUT2D eigenvalue weighted by molar-refractivity contribution is 8.02. The highest BCUT2D eigenvalue weighted by atomic mass is 32.2. The minimum Gasteiger partial charge on any atom is -0.497 e. The average molecular weight is 302 g/mol. The summed E-state index contributed by atoms with van der Waals surface area (Å²) in [6.07, 6.45) is 4.30. The molecule has 0 bridgehead atoms. The number of azo groups is 1. The Labute approximate surface area is 129 Å². The van der Waals surface area contributed by atoms with E-state index >= 15 is 0 Å². The van der Waals surface area contributed by atoms with Crippen LogP contribution in [0, 0.1) is 11.3 Å². The van der Waals surface area contributed by atoms with Gasteiger partial charge in [-0.3, -0.25) is 0 Å². The molecule has 1 aliphatic rings. The van der Waals surface area contributed by atoms with Crippen LogP contribution >= 0.6 is 11.8 Å². The van der Waals surface area contributed by atoms with E-state index in [0.717, 1.165) is 23.9 Å². The first-order valence-corrected chi connectivity index (χ1v) is 8.00. The smallest absolute Gasteiger partial charge is 0.192 e. The Bertz CT molecular complexity index is 568. The molecule has 1 saturated heterocycles. The maximum absolute atomic E-state index is 9.33. The predicted molar refractivity (Wildman–Crippen MR) is 84.5 cm³/mol. The molecule has 110 valence electrons. The summed E-state index contributed by atoms with van der Waals surface area (Å²) in [5, 5.41) is 18.5. The van der Waals surface area contributed by atoms with Crippen LogP contribution in [0.25, 0.3) is 0 Å². The Hall–Kier alpha value is -2.00. The first-order chi connectivity index (χ1) is 10.3. The summed E-state index contributed by atoms with van der Waals surface area (Å²) < 4.78 is 5.10. The maximum Gasteiger partial charge on any atom is 0.192 e. The van der Waals surface area contributed by atoms with Crippen molar-refractivity contribution >= 4 is 17.4 Å². The van der Waals surface area contributed by atoms with Crippen LogP contribution in [0.2, 0.25) is 0 Å². The van der Waals surface area contributed by atoms with Gasteiger partial charge in [-0.15, -0.1) is 22.0 Å². The monoisotopic (exact) mass is 302 g/mol. The highest BCUT2D eigenvalue weighted by Crippen LogP contribution is 2.27. The van der Waals surface area contributed by atoms with Crippen LogP contribution in [0.5, 0.6) is 5.75 Å². The molecule has 2 rings (SSSR count). The third kappa shape index (κ3) is 3.99. The lowest BCUT2D eigenvalue weighted by molar-refractivity contribution is 0.415. The topological polar surface area (TPSA) is 61.0 Å². The second-order valence-corrected chi connectivity index (χ2v) is 5.36. The zero-order chi connectivity index (χ0) is 15.1. The molecule has 6 heteroatoms. The van der Waals surface area contributed by atoms with Crippen molar-refractivity contribution in [3.05, 3.63) is 35.0 Å². The Balaban J connectivity index is 2.19. The fourth-order valence-electron chi connectivity index (χ4n) is 2.17. The molecule has 5 nitrogen and oxygen atoms in total. The van der Waals surface area contributed by atoms with Crippen LogP contribution in [-0.2, 0) is 0 Å². The van der Waals surface area contributed by atoms with Crippen LogP contribution in [0.15, 0.2) is 45.2 Å². The van der Waals surface area contributed by atoms with Gasteiger partial charge in [-0.1, -0.05) is 0 Å². The summed E-state index contributed by atoms with van der Waals surface area (Å²) in [5.41, 5.74) is 1.07. The predicted octanol–water partition coefficient (Wildman–Crippen LogP) is 3.93. The van der Waals surface area contributed by atoms with Gasteiger partial charge in [-0.2, -0.15) is 5.26 Å². The molecule has 0 spiro atoms. The molecule has 1 aliphatic heterocycles. The summed E-state index contributed by atoms with van der Waals surface area (Å²) in [5.74, 6) is 0.770. The second kappa shape index (κ2) is 7.70. The quantitative estimate of drug-likeness (QED) is 0.610. The summed E-state index contributed by atoms with van der Waals surface area (Å²) in [6, 6.07) is 9.42. The first-order valence-electron chi connectivity index (χ1n) is 6.77. The molecular formula is C15H18N4OS. The van der Waals surface area contributed by atoms with Crippen molar-refractivity contribution in [2.45, 2.75) is 12.8 Å². The van der Waals surface area contributed by atoms with E-state index in [-0.39, 0.29) is 0 Å². The van der Waals surface area contributed by atoms with Gasteiger partial charge in [0.2, 0.25) is 0 Å². The van der Waals surface area contributed by atoms with Crippen LogP contribution in [0.4, 0.5) is 5.69 Å². The highest BCUT2D eigenvalue weighted by Gasteiger charge is 2.18. The van der Waals surface area contributed by atoms with Gasteiger partial charge < -0.3 is 9.64 Å². The molecule has 0 saturated carbocycles. The molecule has 21 heavy (non-hydrogen) atoms. The molecule has 1 fully saturated rings. The molecule has 0 aliphatic carbocycles. The fraction of sp³-hybridized carbons (Fsp3) is 0.400. The lowest BCUT2D eigenvalue weighted by Gasteiger charge is -2.19. The average Bonchev–Trinajstić information content (AvgIpc) is 3.06. The summed E-state index contributed by atoms with van der Waals surface area (Å²) in [6.45, 7) is 1.97. The Kier molecular flexibility index (Phi) is 5.64. The van der Waals surface area contributed by atoms with Gasteiger partial charge in [-0.25, -0.2) is 0 Å². The number of likely N-dealkylation sites (tertiary alicyclic amines) is 1. The molecule has 0 aromatic heterocycles. The third-order valence-corrected chi connectivity index (χ3v) is 4.07. The minimum atomic E-state index is 0.375. The summed E-state index contributed by atoms with van der Waals surface area (Å²) in [7, 11) is 1.62. The van der Waals surface area contributed by atoms with Gasteiger partial charge in [0.05, 0.1) is 12.8 Å². The fourth-order valence-corrected chi connectivity index (χ4v) is 2.89. The van der Waals surface area contributed by atoms with Crippen molar-refractivity contribution < 1.29 is 4.74 Å². The molecule has 0 unspecified atom stereocenters. The van der Waals surface area contributed by atoms with Crippen LogP contribution in [0.3, 0.4) is 0 Å². The summed E-state index contributed by atoms with van der Waals surface area (Å²) >= 11 is 1.55. The number of ether oxygens (including phenoxy) is 1. The SMILES string of the molecule is COc1ccc(N=N/C(C#N)=C(/SC)N2CCCC2)cc1. The van der Waals surface area contributed by atoms with Gasteiger partial charge in [-0.05, 0) is 43.4 Å². The molecule has 1 heterocycles. The number of thioether (sulfide) groups is 1. The molecule has 0 N–H and O–H groups in total. The number of benzene rings is 1. The van der Waals surface area contributed by atoms with Gasteiger partial charge in [0.1, 0.15) is 16.8 Å². The van der Waals surface area contributed by atoms with Crippen molar-refractivity contribution in [3.8, 4) is 11.8 Å². The zero-order valence-electron chi connectivity index (χ0n) is 12.2. The van der Waals surface area contributed by atoms with Gasteiger partial charge in [0.25, 0.3) is 0 Å². The maximum atomic E-state index is 9.33. The van der Waals surface area contributed by atoms with Crippen molar-refractivity contribution in [1.82, 2.24) is 4.90 Å². The van der Waals surface area contributed by atoms with Gasteiger partial charge in [0.15, 0.2) is 5.70 Å². The van der Waals surface area contributed by atoms with Crippen LogP contribution in [0.1, 0.15) is 12.8 Å². The number of hydrogen-bond acceptors (Lipinski definition) is 6. The number of nitriles is 1. The Morgan fingerprint density at radius 2 is 1.95 bits per heavy atom. The lowest BCUT2D eigenvalue weighted by Crippen LogP contribution is -2.17. The van der Waals surface area contributed by atoms with E-state index in [0.29, 0.717) is 11.4 Å². The third-order valence-electron chi connectivity index (χ3n) is 3.23. The van der Waals surface area contributed by atoms with Crippen molar-refractivity contribution in [3.63, 3.8) is 0 Å². The van der Waals surface area contributed by atoms with E-state index in [1.807, 2.05) is 30.5 Å². The van der Waals surface area contributed by atoms with Crippen molar-refractivity contribution in [2.75, 3.05) is 26.5 Å². The van der Waals surface area contributed by atoms with Crippen LogP contribution in [-0.4, -0.2) is 31.4 Å². The number of nitrogens with zero attached hydrogens (tertiary/aromatic N) is 4. The summed E-state index contributed by atoms with van der Waals surface area (Å²) in [4.78, 5) is 2.20. The normalized spacial score (nSPS) is 16.0. The minimum absolute atomic E-state index is 0.375. The van der Waals surface area contributed by atoms with E-state index in [1.54, 1.807) is 18.9 Å². The molecule has 0 atom stereocenters. The Morgan fingerprint density at radius 3 is 2.48 bits per heavy atom. The Morgan fingerprint density at radius 1 is 1.29 bits per heavy atom. The van der Waals surface area contributed by atoms with E-state index in [9.17, 15) is 5.26 Å². The second-order valence-electron chi connectivity index (χ2n) is 4.56. The lowest BCUT2D eigenvalue weighted by atomic mass is 10.3. The van der Waals surface area contributed by atoms with E-state index in [1.165, 1.54) is 12.8 Å². The van der Waals surface area contributed by atoms with E-state index < -0.39 is 0 Å². The molecule has 0 amide bonds.